The monoisotopic (exact) mass is 499 g/mol. The third-order valence-corrected chi connectivity index (χ3v) is 7.71. The van der Waals surface area contributed by atoms with E-state index in [4.69, 9.17) is 0 Å². The molecule has 0 bridgehead atoms. The molecule has 1 saturated heterocycles. The quantitative estimate of drug-likeness (QED) is 0.490. The van der Waals surface area contributed by atoms with E-state index in [1.54, 1.807) is 24.4 Å². The lowest BCUT2D eigenvalue weighted by atomic mass is 10.1. The maximum Gasteiger partial charge on any atom is 0.263 e. The number of nitrogens with one attached hydrogen (secondary N) is 1. The number of carbonyl (C=O) groups excluding carboxylic acids is 2. The molecule has 1 N–H and O–H groups in total. The second-order valence-corrected chi connectivity index (χ2v) is 10.9. The Hall–Kier alpha value is -3.02. The van der Waals surface area contributed by atoms with E-state index in [2.05, 4.69) is 31.5 Å². The Bertz CT molecular complexity index is 1320. The van der Waals surface area contributed by atoms with Gasteiger partial charge in [-0.05, 0) is 42.8 Å². The number of nitrogens with zero attached hydrogens (tertiary/aromatic N) is 4. The van der Waals surface area contributed by atoms with Gasteiger partial charge in [0.2, 0.25) is 0 Å². The van der Waals surface area contributed by atoms with E-state index < -0.39 is 10.0 Å². The van der Waals surface area contributed by atoms with Gasteiger partial charge in [-0.25, -0.2) is 18.4 Å². The number of fused-ring (bicyclic) bond motifs is 1. The molecule has 0 radical (unpaired) electrons. The van der Waals surface area contributed by atoms with Crippen LogP contribution in [-0.2, 0) is 14.8 Å². The Morgan fingerprint density at radius 3 is 2.44 bits per heavy atom. The molecule has 0 spiro atoms. The number of aromatic nitrogens is 2. The normalized spacial score (nSPS) is 14.8. The minimum atomic E-state index is -3.89. The number of rotatable bonds is 7. The van der Waals surface area contributed by atoms with Gasteiger partial charge in [-0.1, -0.05) is 17.8 Å². The molecule has 11 heteroatoms. The summed E-state index contributed by atoms with van der Waals surface area (Å²) < 4.78 is 28.2. The van der Waals surface area contributed by atoms with E-state index >= 15 is 0 Å². The summed E-state index contributed by atoms with van der Waals surface area (Å²) in [5, 5.41) is 1.48. The summed E-state index contributed by atoms with van der Waals surface area (Å²) in [6.45, 7) is 5.15. The van der Waals surface area contributed by atoms with Gasteiger partial charge in [0.15, 0.2) is 10.9 Å². The fraction of sp³-hybridized carbons (Fsp3) is 0.304. The number of sulfonamides is 1. The van der Waals surface area contributed by atoms with Crippen molar-refractivity contribution in [1.29, 1.82) is 0 Å². The number of benzene rings is 1. The Kier molecular flexibility index (Phi) is 7.15. The molecule has 0 amide bonds. The van der Waals surface area contributed by atoms with Gasteiger partial charge < -0.3 is 9.80 Å². The van der Waals surface area contributed by atoms with Crippen LogP contribution in [0.3, 0.4) is 0 Å². The Morgan fingerprint density at radius 1 is 1.00 bits per heavy atom. The van der Waals surface area contributed by atoms with Crippen molar-refractivity contribution in [1.82, 2.24) is 14.9 Å². The molecule has 0 atom stereocenters. The maximum atomic E-state index is 12.9. The van der Waals surface area contributed by atoms with Crippen LogP contribution in [0.2, 0.25) is 0 Å². The first kappa shape index (κ1) is 24.1. The van der Waals surface area contributed by atoms with Crippen LogP contribution >= 0.6 is 11.8 Å². The molecule has 4 rings (SSSR count). The first-order valence-electron chi connectivity index (χ1n) is 10.7. The van der Waals surface area contributed by atoms with Crippen molar-refractivity contribution in [3.63, 3.8) is 0 Å². The van der Waals surface area contributed by atoms with E-state index in [1.807, 2.05) is 6.07 Å². The predicted molar refractivity (Wildman–Crippen MR) is 134 cm³/mol. The van der Waals surface area contributed by atoms with E-state index in [1.165, 1.54) is 25.3 Å². The van der Waals surface area contributed by atoms with Gasteiger partial charge in [0, 0.05) is 56.4 Å². The number of anilines is 2. The number of carbonyl (C=O) groups is 2. The molecule has 1 fully saturated rings. The summed E-state index contributed by atoms with van der Waals surface area (Å²) in [4.78, 5) is 36.3. The van der Waals surface area contributed by atoms with Crippen molar-refractivity contribution >= 4 is 55.1 Å². The van der Waals surface area contributed by atoms with Crippen LogP contribution in [0.4, 0.5) is 11.6 Å². The molecular formula is C23H25N5O4S2. The van der Waals surface area contributed by atoms with E-state index in [0.717, 1.165) is 54.5 Å². The standard InChI is InChI=1S/C23H25N5O4S2/c1-16(29)33-15-21(30)18-4-6-22(24-13-18)26-34(31,32)20-5-3-17-12-23(25-14-19(17)11-20)28-9-7-27(2)8-10-28/h3-6,11-14H,7-10,15H2,1-2H3,(H,24,26). The zero-order valence-electron chi connectivity index (χ0n) is 18.9. The van der Waals surface area contributed by atoms with Crippen molar-refractivity contribution in [2.24, 2.45) is 0 Å². The molecule has 34 heavy (non-hydrogen) atoms. The lowest BCUT2D eigenvalue weighted by Crippen LogP contribution is -2.44. The van der Waals surface area contributed by atoms with Gasteiger partial charge in [0.1, 0.15) is 11.6 Å². The van der Waals surface area contributed by atoms with Crippen molar-refractivity contribution in [2.75, 3.05) is 48.6 Å². The van der Waals surface area contributed by atoms with Crippen LogP contribution in [0.25, 0.3) is 10.8 Å². The van der Waals surface area contributed by atoms with Gasteiger partial charge in [0.25, 0.3) is 10.0 Å². The highest BCUT2D eigenvalue weighted by atomic mass is 32.2. The summed E-state index contributed by atoms with van der Waals surface area (Å²) >= 11 is 0.918. The zero-order valence-corrected chi connectivity index (χ0v) is 20.5. The summed E-state index contributed by atoms with van der Waals surface area (Å²) in [7, 11) is -1.79. The lowest BCUT2D eigenvalue weighted by Gasteiger charge is -2.33. The van der Waals surface area contributed by atoms with Crippen molar-refractivity contribution < 1.29 is 18.0 Å². The summed E-state index contributed by atoms with van der Waals surface area (Å²) in [6.07, 6.45) is 2.99. The Labute approximate surface area is 202 Å². The second-order valence-electron chi connectivity index (χ2n) is 8.08. The number of hydrogen-bond acceptors (Lipinski definition) is 9. The van der Waals surface area contributed by atoms with Crippen LogP contribution in [0.5, 0.6) is 0 Å². The summed E-state index contributed by atoms with van der Waals surface area (Å²) in [5.41, 5.74) is 0.310. The number of pyridine rings is 2. The molecular weight excluding hydrogens is 474 g/mol. The first-order chi connectivity index (χ1) is 16.2. The molecule has 0 saturated carbocycles. The van der Waals surface area contributed by atoms with E-state index in [-0.39, 0.29) is 27.4 Å². The predicted octanol–water partition coefficient (Wildman–Crippen LogP) is 2.64. The number of hydrogen-bond donors (Lipinski definition) is 1. The fourth-order valence-electron chi connectivity index (χ4n) is 3.55. The van der Waals surface area contributed by atoms with Crippen LogP contribution in [0, 0.1) is 0 Å². The molecule has 2 aromatic heterocycles. The first-order valence-corrected chi connectivity index (χ1v) is 13.2. The molecule has 1 aliphatic rings. The van der Waals surface area contributed by atoms with Crippen molar-refractivity contribution in [3.8, 4) is 0 Å². The van der Waals surface area contributed by atoms with Crippen LogP contribution in [0.1, 0.15) is 17.3 Å². The highest BCUT2D eigenvalue weighted by Crippen LogP contribution is 2.24. The molecule has 0 unspecified atom stereocenters. The Balaban J connectivity index is 1.47. The van der Waals surface area contributed by atoms with Gasteiger partial charge in [-0.3, -0.25) is 14.3 Å². The third-order valence-electron chi connectivity index (χ3n) is 5.55. The molecule has 1 aliphatic heterocycles. The molecule has 3 heterocycles. The maximum absolute atomic E-state index is 12.9. The van der Waals surface area contributed by atoms with Gasteiger partial charge >= 0.3 is 0 Å². The van der Waals surface area contributed by atoms with Crippen LogP contribution in [0.15, 0.2) is 53.7 Å². The fourth-order valence-corrected chi connectivity index (χ4v) is 5.09. The molecule has 0 aliphatic carbocycles. The molecule has 9 nitrogen and oxygen atoms in total. The van der Waals surface area contributed by atoms with Crippen molar-refractivity contribution in [3.05, 3.63) is 54.4 Å². The van der Waals surface area contributed by atoms with Crippen LogP contribution < -0.4 is 9.62 Å². The highest BCUT2D eigenvalue weighted by Gasteiger charge is 2.18. The SMILES string of the molecule is CC(=O)SCC(=O)c1ccc(NS(=O)(=O)c2ccc3cc(N4CCN(C)CC4)ncc3c2)nc1. The Morgan fingerprint density at radius 2 is 1.76 bits per heavy atom. The third kappa shape index (κ3) is 5.72. The number of likely N-dealkylation sites (N-methyl/N-ethyl adjacent to an activating group) is 1. The summed E-state index contributed by atoms with van der Waals surface area (Å²) in [5.74, 6) is 0.748. The van der Waals surface area contributed by atoms with Gasteiger partial charge in [0.05, 0.1) is 10.6 Å². The molecule has 178 valence electrons. The molecule has 1 aromatic carbocycles. The van der Waals surface area contributed by atoms with Crippen molar-refractivity contribution in [2.45, 2.75) is 11.8 Å². The van der Waals surface area contributed by atoms with E-state index in [0.29, 0.717) is 5.56 Å². The minimum Gasteiger partial charge on any atom is -0.354 e. The minimum absolute atomic E-state index is 0.0176. The van der Waals surface area contributed by atoms with Gasteiger partial charge in [-0.2, -0.15) is 0 Å². The summed E-state index contributed by atoms with van der Waals surface area (Å²) in [6, 6.07) is 9.79. The smallest absolute Gasteiger partial charge is 0.263 e. The highest BCUT2D eigenvalue weighted by molar-refractivity contribution is 8.14. The number of Topliss-reactive ketones (excluding diaryl/α,β-unsaturated/α-hetero) is 1. The lowest BCUT2D eigenvalue weighted by molar-refractivity contribution is -0.109. The largest absolute Gasteiger partial charge is 0.354 e. The molecule has 3 aromatic rings. The number of ketones is 1. The number of thioether (sulfide) groups is 1. The second kappa shape index (κ2) is 10.1. The van der Waals surface area contributed by atoms with E-state index in [9.17, 15) is 18.0 Å². The zero-order chi connectivity index (χ0) is 24.3. The topological polar surface area (TPSA) is 113 Å². The van der Waals surface area contributed by atoms with Crippen LogP contribution in [-0.4, -0.2) is 73.2 Å². The average Bonchev–Trinajstić information content (AvgIpc) is 2.82. The average molecular weight is 500 g/mol. The number of piperazine rings is 1. The van der Waals surface area contributed by atoms with Gasteiger partial charge in [-0.15, -0.1) is 0 Å².